The van der Waals surface area contributed by atoms with E-state index in [4.69, 9.17) is 9.72 Å². The van der Waals surface area contributed by atoms with Crippen molar-refractivity contribution >= 4 is 16.7 Å². The summed E-state index contributed by atoms with van der Waals surface area (Å²) in [5, 5.41) is 7.39. The van der Waals surface area contributed by atoms with E-state index in [1.807, 2.05) is 25.1 Å². The average molecular weight is 404 g/mol. The number of rotatable bonds is 3. The zero-order chi connectivity index (χ0) is 20.7. The molecule has 1 fully saturated rings. The molecule has 0 saturated carbocycles. The van der Waals surface area contributed by atoms with Crippen molar-refractivity contribution in [2.75, 3.05) is 24.7 Å². The minimum atomic E-state index is -0.409. The molecular weight excluding hydrogens is 383 g/mol. The van der Waals surface area contributed by atoms with E-state index in [9.17, 15) is 0 Å². The number of hydrogen-bond acceptors (Lipinski definition) is 6. The maximum atomic E-state index is 15.2. The summed E-state index contributed by atoms with van der Waals surface area (Å²) in [5.74, 6) is 0.367. The van der Waals surface area contributed by atoms with Gasteiger partial charge in [-0.2, -0.15) is 5.10 Å². The van der Waals surface area contributed by atoms with E-state index in [2.05, 4.69) is 32.0 Å². The number of hydrogen-bond donors (Lipinski definition) is 1. The number of pyridine rings is 3. The van der Waals surface area contributed by atoms with Gasteiger partial charge in [-0.15, -0.1) is 0 Å². The molecule has 0 aromatic carbocycles. The monoisotopic (exact) mass is 404 g/mol. The molecule has 7 nitrogen and oxygen atoms in total. The Labute approximate surface area is 173 Å². The van der Waals surface area contributed by atoms with Crippen LogP contribution < -0.4 is 4.90 Å². The second kappa shape index (κ2) is 7.46. The fourth-order valence-corrected chi connectivity index (χ4v) is 3.98. The number of aromatic nitrogens is 5. The molecule has 4 aromatic rings. The van der Waals surface area contributed by atoms with Crippen molar-refractivity contribution in [3.05, 3.63) is 54.4 Å². The number of ether oxygens (including phenoxy) is 1. The van der Waals surface area contributed by atoms with Crippen molar-refractivity contribution in [1.82, 2.24) is 25.1 Å². The highest BCUT2D eigenvalue weighted by atomic mass is 19.1. The van der Waals surface area contributed by atoms with Crippen molar-refractivity contribution in [3.63, 3.8) is 0 Å². The van der Waals surface area contributed by atoms with E-state index < -0.39 is 5.82 Å². The summed E-state index contributed by atoms with van der Waals surface area (Å²) in [6.45, 7) is 6.04. The predicted molar refractivity (Wildman–Crippen MR) is 113 cm³/mol. The van der Waals surface area contributed by atoms with E-state index in [0.717, 1.165) is 29.1 Å². The van der Waals surface area contributed by atoms with Crippen LogP contribution in [0.15, 0.2) is 43.0 Å². The summed E-state index contributed by atoms with van der Waals surface area (Å²) in [6, 6.07) is 5.84. The van der Waals surface area contributed by atoms with Crippen molar-refractivity contribution in [3.8, 4) is 22.5 Å². The van der Waals surface area contributed by atoms with E-state index in [1.165, 1.54) is 6.20 Å². The Hall–Kier alpha value is -3.39. The lowest BCUT2D eigenvalue weighted by Crippen LogP contribution is -2.44. The molecule has 5 rings (SSSR count). The molecule has 0 radical (unpaired) electrons. The highest BCUT2D eigenvalue weighted by molar-refractivity contribution is 6.02. The van der Waals surface area contributed by atoms with Gasteiger partial charge in [0.25, 0.3) is 0 Å². The van der Waals surface area contributed by atoms with Gasteiger partial charge < -0.3 is 9.64 Å². The Bertz CT molecular complexity index is 1210. The Kier molecular flexibility index (Phi) is 4.63. The van der Waals surface area contributed by atoms with Gasteiger partial charge in [0.05, 0.1) is 31.1 Å². The van der Waals surface area contributed by atoms with Crippen molar-refractivity contribution < 1.29 is 9.13 Å². The van der Waals surface area contributed by atoms with Crippen LogP contribution in [0.2, 0.25) is 0 Å². The molecule has 1 aliphatic rings. The van der Waals surface area contributed by atoms with Gasteiger partial charge in [0.15, 0.2) is 5.82 Å². The SMILES string of the molecule is Cc1cnccc1-c1cc(N2CCOC[C@H]2C)nc2c(-c3ccn[nH]3)ncc(F)c12. The van der Waals surface area contributed by atoms with E-state index in [0.29, 0.717) is 35.5 Å². The molecule has 1 N–H and O–H groups in total. The second-order valence-electron chi connectivity index (χ2n) is 7.48. The van der Waals surface area contributed by atoms with Gasteiger partial charge in [-0.3, -0.25) is 10.1 Å². The summed E-state index contributed by atoms with van der Waals surface area (Å²) >= 11 is 0. The third kappa shape index (κ3) is 3.09. The highest BCUT2D eigenvalue weighted by Crippen LogP contribution is 2.37. The Morgan fingerprint density at radius 1 is 1.20 bits per heavy atom. The first-order valence-corrected chi connectivity index (χ1v) is 9.88. The van der Waals surface area contributed by atoms with Gasteiger partial charge in [-0.1, -0.05) is 0 Å². The largest absolute Gasteiger partial charge is 0.377 e. The predicted octanol–water partition coefficient (Wildman–Crippen LogP) is 3.75. The average Bonchev–Trinajstić information content (AvgIpc) is 3.29. The smallest absolute Gasteiger partial charge is 0.151 e. The third-order valence-electron chi connectivity index (χ3n) is 5.50. The van der Waals surface area contributed by atoms with Crippen molar-refractivity contribution in [1.29, 1.82) is 0 Å². The summed E-state index contributed by atoms with van der Waals surface area (Å²) in [6.07, 6.45) is 6.40. The molecule has 5 heterocycles. The molecule has 0 spiro atoms. The van der Waals surface area contributed by atoms with E-state index >= 15 is 4.39 Å². The molecular formula is C22H21FN6O. The van der Waals surface area contributed by atoms with Crippen LogP contribution in [0.4, 0.5) is 10.2 Å². The van der Waals surface area contributed by atoms with Crippen LogP contribution in [0.3, 0.4) is 0 Å². The number of morpholine rings is 1. The molecule has 0 bridgehead atoms. The van der Waals surface area contributed by atoms with Crippen LogP contribution in [0, 0.1) is 12.7 Å². The molecule has 0 unspecified atom stereocenters. The quantitative estimate of drug-likeness (QED) is 0.560. The first-order valence-electron chi connectivity index (χ1n) is 9.88. The normalized spacial score (nSPS) is 16.9. The summed E-state index contributed by atoms with van der Waals surface area (Å²) in [7, 11) is 0. The topological polar surface area (TPSA) is 79.8 Å². The van der Waals surface area contributed by atoms with E-state index in [-0.39, 0.29) is 6.04 Å². The van der Waals surface area contributed by atoms with Crippen LogP contribution in [0.25, 0.3) is 33.4 Å². The number of halogens is 1. The van der Waals surface area contributed by atoms with Crippen LogP contribution in [-0.4, -0.2) is 50.9 Å². The number of nitrogens with one attached hydrogen (secondary N) is 1. The van der Waals surface area contributed by atoms with Gasteiger partial charge in [0, 0.05) is 30.5 Å². The number of anilines is 1. The van der Waals surface area contributed by atoms with Gasteiger partial charge >= 0.3 is 0 Å². The fraction of sp³-hybridized carbons (Fsp3) is 0.273. The zero-order valence-electron chi connectivity index (χ0n) is 16.8. The van der Waals surface area contributed by atoms with Crippen molar-refractivity contribution in [2.24, 2.45) is 0 Å². The molecule has 152 valence electrons. The number of aryl methyl sites for hydroxylation is 1. The van der Waals surface area contributed by atoms with Gasteiger partial charge in [0.1, 0.15) is 17.0 Å². The van der Waals surface area contributed by atoms with Crippen molar-refractivity contribution in [2.45, 2.75) is 19.9 Å². The highest BCUT2D eigenvalue weighted by Gasteiger charge is 2.24. The Morgan fingerprint density at radius 3 is 2.87 bits per heavy atom. The molecule has 0 aliphatic carbocycles. The van der Waals surface area contributed by atoms with Gasteiger partial charge in [0.2, 0.25) is 0 Å². The standard InChI is InChI=1S/C22H21FN6O/c1-13-10-24-5-3-15(13)16-9-19(29-7-8-30-12-14(29)2)27-22-20(16)17(23)11-25-21(22)18-4-6-26-28-18/h3-6,9-11,14H,7-8,12H2,1-2H3,(H,26,28)/t14-/m1/s1. The zero-order valence-corrected chi connectivity index (χ0v) is 16.8. The minimum absolute atomic E-state index is 0.159. The number of fused-ring (bicyclic) bond motifs is 1. The lowest BCUT2D eigenvalue weighted by molar-refractivity contribution is 0.0986. The van der Waals surface area contributed by atoms with Crippen LogP contribution in [0.1, 0.15) is 12.5 Å². The summed E-state index contributed by atoms with van der Waals surface area (Å²) in [5.41, 5.74) is 4.41. The minimum Gasteiger partial charge on any atom is -0.377 e. The molecule has 0 amide bonds. The lowest BCUT2D eigenvalue weighted by Gasteiger charge is -2.34. The Morgan fingerprint density at radius 2 is 2.10 bits per heavy atom. The molecule has 30 heavy (non-hydrogen) atoms. The van der Waals surface area contributed by atoms with Crippen LogP contribution >= 0.6 is 0 Å². The van der Waals surface area contributed by atoms with E-state index in [1.54, 1.807) is 18.6 Å². The maximum absolute atomic E-state index is 15.2. The van der Waals surface area contributed by atoms with Gasteiger partial charge in [-0.05, 0) is 48.7 Å². The number of H-pyrrole nitrogens is 1. The first kappa shape index (κ1) is 18.6. The van der Waals surface area contributed by atoms with Crippen LogP contribution in [0.5, 0.6) is 0 Å². The van der Waals surface area contributed by atoms with Gasteiger partial charge in [-0.25, -0.2) is 14.4 Å². The third-order valence-corrected chi connectivity index (χ3v) is 5.50. The summed E-state index contributed by atoms with van der Waals surface area (Å²) in [4.78, 5) is 15.6. The van der Waals surface area contributed by atoms with Crippen LogP contribution in [-0.2, 0) is 4.74 Å². The molecule has 1 atom stereocenters. The number of aromatic amines is 1. The molecule has 8 heteroatoms. The first-order chi connectivity index (χ1) is 14.6. The number of nitrogens with zero attached hydrogens (tertiary/aromatic N) is 5. The molecule has 1 aliphatic heterocycles. The molecule has 1 saturated heterocycles. The Balaban J connectivity index is 1.85. The summed E-state index contributed by atoms with van der Waals surface area (Å²) < 4.78 is 20.8. The maximum Gasteiger partial charge on any atom is 0.151 e. The molecule has 4 aromatic heterocycles. The fourth-order valence-electron chi connectivity index (χ4n) is 3.98. The lowest BCUT2D eigenvalue weighted by atomic mass is 9.97. The second-order valence-corrected chi connectivity index (χ2v) is 7.48.